The summed E-state index contributed by atoms with van der Waals surface area (Å²) in [7, 11) is 0. The van der Waals surface area contributed by atoms with Crippen LogP contribution in [0.3, 0.4) is 0 Å². The second kappa shape index (κ2) is 4.01. The number of aromatic nitrogens is 2. The second-order valence-electron chi connectivity index (χ2n) is 3.89. The van der Waals surface area contributed by atoms with Crippen molar-refractivity contribution in [3.05, 3.63) is 41.0 Å². The summed E-state index contributed by atoms with van der Waals surface area (Å²) >= 11 is 0. The predicted octanol–water partition coefficient (Wildman–Crippen LogP) is 2.53. The van der Waals surface area contributed by atoms with Gasteiger partial charge in [0.15, 0.2) is 5.69 Å². The summed E-state index contributed by atoms with van der Waals surface area (Å²) in [5.41, 5.74) is 2.20. The molecule has 0 aliphatic carbocycles. The first-order valence-electron chi connectivity index (χ1n) is 5.05. The van der Waals surface area contributed by atoms with Crippen LogP contribution in [0.1, 0.15) is 21.7 Å². The van der Waals surface area contributed by atoms with Crippen LogP contribution in [0.2, 0.25) is 0 Å². The Labute approximate surface area is 97.1 Å². The first kappa shape index (κ1) is 11.3. The van der Waals surface area contributed by atoms with E-state index in [0.717, 1.165) is 5.56 Å². The Hall–Kier alpha value is -2.17. The smallest absolute Gasteiger partial charge is 0.357 e. The third-order valence-electron chi connectivity index (χ3n) is 2.48. The highest BCUT2D eigenvalue weighted by Crippen LogP contribution is 2.27. The topological polar surface area (TPSA) is 66.0 Å². The van der Waals surface area contributed by atoms with Crippen molar-refractivity contribution in [2.45, 2.75) is 13.8 Å². The molecule has 0 saturated carbocycles. The van der Waals surface area contributed by atoms with Gasteiger partial charge in [-0.15, -0.1) is 0 Å². The third kappa shape index (κ3) is 2.04. The maximum absolute atomic E-state index is 13.3. The molecule has 0 atom stereocenters. The molecule has 2 N–H and O–H groups in total. The van der Waals surface area contributed by atoms with Crippen LogP contribution in [-0.4, -0.2) is 21.3 Å². The Morgan fingerprint density at radius 3 is 2.65 bits per heavy atom. The Kier molecular flexibility index (Phi) is 2.67. The van der Waals surface area contributed by atoms with E-state index in [0.29, 0.717) is 16.8 Å². The van der Waals surface area contributed by atoms with Gasteiger partial charge in [0.2, 0.25) is 0 Å². The molecule has 4 nitrogen and oxygen atoms in total. The van der Waals surface area contributed by atoms with Gasteiger partial charge in [0.05, 0.1) is 0 Å². The van der Waals surface area contributed by atoms with E-state index in [1.165, 1.54) is 12.1 Å². The van der Waals surface area contributed by atoms with Gasteiger partial charge < -0.3 is 5.11 Å². The van der Waals surface area contributed by atoms with Crippen LogP contribution in [0.5, 0.6) is 0 Å². The molecule has 88 valence electrons. The molecule has 1 aromatic heterocycles. The average molecular weight is 234 g/mol. The standard InChI is InChI=1S/C12H11FN2O2/c1-6-3-8(5-9(13)4-6)10-7(2)14-15-11(10)12(16)17/h3-5H,1-2H3,(H,14,15)(H,16,17). The van der Waals surface area contributed by atoms with Gasteiger partial charge in [0.25, 0.3) is 0 Å². The summed E-state index contributed by atoms with van der Waals surface area (Å²) in [4.78, 5) is 11.0. The number of aromatic carboxylic acids is 1. The molecule has 0 spiro atoms. The van der Waals surface area contributed by atoms with Crippen molar-refractivity contribution >= 4 is 5.97 Å². The zero-order valence-electron chi connectivity index (χ0n) is 9.41. The molecule has 2 rings (SSSR count). The Morgan fingerprint density at radius 1 is 1.35 bits per heavy atom. The lowest BCUT2D eigenvalue weighted by Gasteiger charge is -2.03. The first-order valence-corrected chi connectivity index (χ1v) is 5.05. The van der Waals surface area contributed by atoms with Crippen LogP contribution in [0.4, 0.5) is 4.39 Å². The van der Waals surface area contributed by atoms with Gasteiger partial charge >= 0.3 is 5.97 Å². The molecule has 0 aliphatic heterocycles. The number of H-pyrrole nitrogens is 1. The van der Waals surface area contributed by atoms with Crippen LogP contribution < -0.4 is 0 Å². The number of rotatable bonds is 2. The minimum atomic E-state index is -1.13. The van der Waals surface area contributed by atoms with Crippen molar-refractivity contribution in [2.75, 3.05) is 0 Å². The highest BCUT2D eigenvalue weighted by atomic mass is 19.1. The molecule has 1 heterocycles. The van der Waals surface area contributed by atoms with Gasteiger partial charge in [-0.25, -0.2) is 9.18 Å². The van der Waals surface area contributed by atoms with Gasteiger partial charge in [0, 0.05) is 11.3 Å². The van der Waals surface area contributed by atoms with Crippen molar-refractivity contribution in [1.82, 2.24) is 10.2 Å². The van der Waals surface area contributed by atoms with Crippen LogP contribution in [0.15, 0.2) is 18.2 Å². The molecule has 17 heavy (non-hydrogen) atoms. The number of aryl methyl sites for hydroxylation is 2. The van der Waals surface area contributed by atoms with Gasteiger partial charge in [-0.2, -0.15) is 5.10 Å². The third-order valence-corrected chi connectivity index (χ3v) is 2.48. The number of hydrogen-bond acceptors (Lipinski definition) is 2. The van der Waals surface area contributed by atoms with Crippen molar-refractivity contribution in [1.29, 1.82) is 0 Å². The molecule has 2 aromatic rings. The molecular weight excluding hydrogens is 223 g/mol. The van der Waals surface area contributed by atoms with E-state index < -0.39 is 11.8 Å². The van der Waals surface area contributed by atoms with Crippen molar-refractivity contribution in [3.8, 4) is 11.1 Å². The molecule has 1 aromatic carbocycles. The number of hydrogen-bond donors (Lipinski definition) is 2. The van der Waals surface area contributed by atoms with Gasteiger partial charge in [-0.1, -0.05) is 6.07 Å². The second-order valence-corrected chi connectivity index (χ2v) is 3.89. The fraction of sp³-hybridized carbons (Fsp3) is 0.167. The lowest BCUT2D eigenvalue weighted by Crippen LogP contribution is -1.99. The van der Waals surface area contributed by atoms with Gasteiger partial charge in [-0.3, -0.25) is 5.10 Å². The number of aromatic amines is 1. The summed E-state index contributed by atoms with van der Waals surface area (Å²) in [6.07, 6.45) is 0. The SMILES string of the molecule is Cc1cc(F)cc(-c2c(C(=O)O)n[nH]c2C)c1. The van der Waals surface area contributed by atoms with Crippen LogP contribution in [-0.2, 0) is 0 Å². The molecule has 0 saturated heterocycles. The molecule has 0 unspecified atom stereocenters. The first-order chi connectivity index (χ1) is 7.99. The maximum Gasteiger partial charge on any atom is 0.357 e. The van der Waals surface area contributed by atoms with E-state index in [1.54, 1.807) is 19.9 Å². The Morgan fingerprint density at radius 2 is 2.06 bits per heavy atom. The minimum absolute atomic E-state index is 0.0903. The molecule has 0 amide bonds. The highest BCUT2D eigenvalue weighted by Gasteiger charge is 2.18. The number of nitrogens with one attached hydrogen (secondary N) is 1. The van der Waals surface area contributed by atoms with E-state index in [1.807, 2.05) is 0 Å². The predicted molar refractivity (Wildman–Crippen MR) is 60.4 cm³/mol. The number of halogens is 1. The van der Waals surface area contributed by atoms with Crippen LogP contribution >= 0.6 is 0 Å². The number of benzene rings is 1. The van der Waals surface area contributed by atoms with Gasteiger partial charge in [0.1, 0.15) is 5.82 Å². The Bertz CT molecular complexity index is 570. The monoisotopic (exact) mass is 234 g/mol. The van der Waals surface area contributed by atoms with Crippen LogP contribution in [0, 0.1) is 19.7 Å². The molecule has 0 aliphatic rings. The van der Waals surface area contributed by atoms with E-state index >= 15 is 0 Å². The molecule has 5 heteroatoms. The lowest BCUT2D eigenvalue weighted by molar-refractivity contribution is 0.0691. The van der Waals surface area contributed by atoms with E-state index in [-0.39, 0.29) is 5.69 Å². The normalized spacial score (nSPS) is 10.5. The molecule has 0 fully saturated rings. The number of carbonyl (C=O) groups is 1. The number of carboxylic acid groups (broad SMARTS) is 1. The largest absolute Gasteiger partial charge is 0.476 e. The van der Waals surface area contributed by atoms with E-state index in [4.69, 9.17) is 5.11 Å². The van der Waals surface area contributed by atoms with Gasteiger partial charge in [-0.05, 0) is 37.1 Å². The van der Waals surface area contributed by atoms with E-state index in [2.05, 4.69) is 10.2 Å². The highest BCUT2D eigenvalue weighted by molar-refractivity contribution is 5.94. The average Bonchev–Trinajstić information content (AvgIpc) is 2.58. The number of nitrogens with zero attached hydrogens (tertiary/aromatic N) is 1. The minimum Gasteiger partial charge on any atom is -0.476 e. The Balaban J connectivity index is 2.67. The van der Waals surface area contributed by atoms with Crippen molar-refractivity contribution < 1.29 is 14.3 Å². The zero-order chi connectivity index (χ0) is 12.6. The summed E-state index contributed by atoms with van der Waals surface area (Å²) in [6.45, 7) is 3.46. The van der Waals surface area contributed by atoms with Crippen molar-refractivity contribution in [3.63, 3.8) is 0 Å². The number of carboxylic acids is 1. The fourth-order valence-electron chi connectivity index (χ4n) is 1.82. The zero-order valence-corrected chi connectivity index (χ0v) is 9.41. The summed E-state index contributed by atoms with van der Waals surface area (Å²) in [6, 6.07) is 4.42. The summed E-state index contributed by atoms with van der Waals surface area (Å²) < 4.78 is 13.3. The summed E-state index contributed by atoms with van der Waals surface area (Å²) in [5.74, 6) is -1.52. The lowest BCUT2D eigenvalue weighted by atomic mass is 10.0. The quantitative estimate of drug-likeness (QED) is 0.839. The summed E-state index contributed by atoms with van der Waals surface area (Å²) in [5, 5.41) is 15.3. The van der Waals surface area contributed by atoms with Crippen LogP contribution in [0.25, 0.3) is 11.1 Å². The molecular formula is C12H11FN2O2. The van der Waals surface area contributed by atoms with Crippen molar-refractivity contribution in [2.24, 2.45) is 0 Å². The maximum atomic E-state index is 13.3. The molecule has 0 bridgehead atoms. The molecule has 0 radical (unpaired) electrons. The fourth-order valence-corrected chi connectivity index (χ4v) is 1.82. The van der Waals surface area contributed by atoms with E-state index in [9.17, 15) is 9.18 Å².